The van der Waals surface area contributed by atoms with Crippen LogP contribution in [-0.2, 0) is 11.5 Å². The topological polar surface area (TPSA) is 60.3 Å². The number of nitrogens with zero attached hydrogens (tertiary/aromatic N) is 2. The number of nitrogens with one attached hydrogen (secondary N) is 2. The van der Waals surface area contributed by atoms with Gasteiger partial charge in [-0.3, -0.25) is 0 Å². The van der Waals surface area contributed by atoms with E-state index in [1.807, 2.05) is 37.4 Å². The summed E-state index contributed by atoms with van der Waals surface area (Å²) in [4.78, 5) is 0. The van der Waals surface area contributed by atoms with Crippen LogP contribution in [0.1, 0.15) is 6.92 Å². The Morgan fingerprint density at radius 2 is 2.14 bits per heavy atom. The molecule has 112 valence electrons. The number of thiocarbonyl (C=S) groups is 1. The lowest BCUT2D eigenvalue weighted by Gasteiger charge is -2.12. The maximum absolute atomic E-state index is 5.28. The molecule has 0 unspecified atom stereocenters. The summed E-state index contributed by atoms with van der Waals surface area (Å²) < 4.78 is 12.2. The smallest absolute Gasteiger partial charge is 0.175 e. The summed E-state index contributed by atoms with van der Waals surface area (Å²) >= 11 is 5.28. The summed E-state index contributed by atoms with van der Waals surface area (Å²) in [5, 5.41) is 10.8. The lowest BCUT2D eigenvalue weighted by molar-refractivity contribution is 0.0792. The van der Waals surface area contributed by atoms with Crippen molar-refractivity contribution in [1.82, 2.24) is 9.78 Å². The average molecular weight is 306 g/mol. The largest absolute Gasteiger partial charge is 0.495 e. The van der Waals surface area contributed by atoms with Crippen molar-refractivity contribution < 1.29 is 9.47 Å². The van der Waals surface area contributed by atoms with Crippen molar-refractivity contribution in [3.8, 4) is 5.75 Å². The summed E-state index contributed by atoms with van der Waals surface area (Å²) in [6, 6.07) is 7.57. The number of ether oxygens (including phenoxy) is 2. The summed E-state index contributed by atoms with van der Waals surface area (Å²) in [5.41, 5.74) is 1.60. The molecule has 0 amide bonds. The van der Waals surface area contributed by atoms with E-state index in [4.69, 9.17) is 21.7 Å². The molecule has 0 fully saturated rings. The fourth-order valence-electron chi connectivity index (χ4n) is 1.72. The molecular weight excluding hydrogens is 288 g/mol. The molecule has 1 heterocycles. The highest BCUT2D eigenvalue weighted by molar-refractivity contribution is 7.80. The second kappa shape index (κ2) is 7.61. The minimum absolute atomic E-state index is 0.422. The first-order valence-corrected chi connectivity index (χ1v) is 6.95. The standard InChI is InChI=1S/C14H18N4O2S/c1-3-20-10-18-9-11(8-15-18)16-14(21)17-12-6-4-5-7-13(12)19-2/h4-9H,3,10H2,1-2H3,(H2,16,17,21). The Labute approximate surface area is 129 Å². The van der Waals surface area contributed by atoms with Crippen LogP contribution in [0.15, 0.2) is 36.7 Å². The summed E-state index contributed by atoms with van der Waals surface area (Å²) in [6.45, 7) is 3.01. The predicted octanol–water partition coefficient (Wildman–Crippen LogP) is 2.69. The zero-order chi connectivity index (χ0) is 15.1. The number of anilines is 2. The normalized spacial score (nSPS) is 10.2. The van der Waals surface area contributed by atoms with Crippen molar-refractivity contribution in [2.75, 3.05) is 24.4 Å². The molecule has 0 atom stereocenters. The molecule has 0 saturated heterocycles. The van der Waals surface area contributed by atoms with Gasteiger partial charge in [-0.25, -0.2) is 4.68 Å². The van der Waals surface area contributed by atoms with E-state index in [1.54, 1.807) is 18.0 Å². The van der Waals surface area contributed by atoms with Crippen LogP contribution in [0.25, 0.3) is 0 Å². The molecule has 1 aromatic carbocycles. The van der Waals surface area contributed by atoms with Crippen molar-refractivity contribution >= 4 is 28.7 Å². The predicted molar refractivity (Wildman–Crippen MR) is 86.7 cm³/mol. The van der Waals surface area contributed by atoms with Gasteiger partial charge in [-0.15, -0.1) is 0 Å². The SMILES string of the molecule is CCOCn1cc(NC(=S)Nc2ccccc2OC)cn1. The van der Waals surface area contributed by atoms with Gasteiger partial charge in [0.1, 0.15) is 12.5 Å². The lowest BCUT2D eigenvalue weighted by atomic mass is 10.3. The number of para-hydroxylation sites is 2. The van der Waals surface area contributed by atoms with E-state index in [2.05, 4.69) is 15.7 Å². The molecule has 2 rings (SSSR count). The number of hydrogen-bond donors (Lipinski definition) is 2. The molecule has 7 heteroatoms. The van der Waals surface area contributed by atoms with E-state index in [0.29, 0.717) is 18.5 Å². The molecule has 1 aromatic heterocycles. The maximum atomic E-state index is 5.28. The van der Waals surface area contributed by atoms with Gasteiger partial charge in [0.05, 0.1) is 30.9 Å². The average Bonchev–Trinajstić information content (AvgIpc) is 2.93. The lowest BCUT2D eigenvalue weighted by Crippen LogP contribution is -2.19. The fraction of sp³-hybridized carbons (Fsp3) is 0.286. The van der Waals surface area contributed by atoms with E-state index in [9.17, 15) is 0 Å². The first kappa shape index (κ1) is 15.3. The highest BCUT2D eigenvalue weighted by atomic mass is 32.1. The Morgan fingerprint density at radius 3 is 2.90 bits per heavy atom. The number of aromatic nitrogens is 2. The highest BCUT2D eigenvalue weighted by Crippen LogP contribution is 2.23. The van der Waals surface area contributed by atoms with E-state index in [0.717, 1.165) is 17.1 Å². The van der Waals surface area contributed by atoms with Crippen molar-refractivity contribution in [3.63, 3.8) is 0 Å². The maximum Gasteiger partial charge on any atom is 0.175 e. The summed E-state index contributed by atoms with van der Waals surface area (Å²) in [7, 11) is 1.62. The molecule has 0 aliphatic heterocycles. The molecule has 0 saturated carbocycles. The Balaban J connectivity index is 1.93. The van der Waals surface area contributed by atoms with E-state index >= 15 is 0 Å². The van der Waals surface area contributed by atoms with Gasteiger partial charge in [-0.2, -0.15) is 5.10 Å². The molecule has 0 bridgehead atoms. The monoisotopic (exact) mass is 306 g/mol. The molecule has 21 heavy (non-hydrogen) atoms. The van der Waals surface area contributed by atoms with Gasteiger partial charge >= 0.3 is 0 Å². The minimum Gasteiger partial charge on any atom is -0.495 e. The Bertz CT molecular complexity index is 600. The first-order valence-electron chi connectivity index (χ1n) is 6.54. The van der Waals surface area contributed by atoms with Crippen LogP contribution in [0.3, 0.4) is 0 Å². The Morgan fingerprint density at radius 1 is 1.33 bits per heavy atom. The third-order valence-corrected chi connectivity index (χ3v) is 2.88. The second-order valence-electron chi connectivity index (χ2n) is 4.17. The molecule has 2 aromatic rings. The minimum atomic E-state index is 0.422. The zero-order valence-electron chi connectivity index (χ0n) is 12.0. The Hall–Kier alpha value is -2.12. The van der Waals surface area contributed by atoms with Crippen LogP contribution in [0.4, 0.5) is 11.4 Å². The molecule has 6 nitrogen and oxygen atoms in total. The van der Waals surface area contributed by atoms with Crippen LogP contribution in [0.5, 0.6) is 5.75 Å². The van der Waals surface area contributed by atoms with Gasteiger partial charge in [0.2, 0.25) is 0 Å². The fourth-order valence-corrected chi connectivity index (χ4v) is 1.94. The number of hydrogen-bond acceptors (Lipinski definition) is 4. The quantitative estimate of drug-likeness (QED) is 0.800. The van der Waals surface area contributed by atoms with Gasteiger partial charge < -0.3 is 20.1 Å². The summed E-state index contributed by atoms with van der Waals surface area (Å²) in [6.07, 6.45) is 3.51. The zero-order valence-corrected chi connectivity index (χ0v) is 12.8. The van der Waals surface area contributed by atoms with Crippen LogP contribution in [0.2, 0.25) is 0 Å². The van der Waals surface area contributed by atoms with Crippen LogP contribution < -0.4 is 15.4 Å². The van der Waals surface area contributed by atoms with E-state index in [1.165, 1.54) is 0 Å². The van der Waals surface area contributed by atoms with Crippen LogP contribution in [-0.4, -0.2) is 28.6 Å². The van der Waals surface area contributed by atoms with Gasteiger partial charge in [0.15, 0.2) is 5.11 Å². The van der Waals surface area contributed by atoms with Gasteiger partial charge in [-0.05, 0) is 31.3 Å². The Kier molecular flexibility index (Phi) is 5.53. The van der Waals surface area contributed by atoms with Gasteiger partial charge in [0, 0.05) is 6.61 Å². The summed E-state index contributed by atoms with van der Waals surface area (Å²) in [5.74, 6) is 0.730. The molecular formula is C14H18N4O2S. The first-order chi connectivity index (χ1) is 10.2. The van der Waals surface area contributed by atoms with Gasteiger partial charge in [0.25, 0.3) is 0 Å². The third kappa shape index (κ3) is 4.44. The van der Waals surface area contributed by atoms with Crippen molar-refractivity contribution in [3.05, 3.63) is 36.7 Å². The number of methoxy groups -OCH3 is 1. The highest BCUT2D eigenvalue weighted by Gasteiger charge is 2.05. The molecule has 0 aliphatic carbocycles. The van der Waals surface area contributed by atoms with Gasteiger partial charge in [-0.1, -0.05) is 12.1 Å². The number of rotatable bonds is 6. The second-order valence-corrected chi connectivity index (χ2v) is 4.58. The van der Waals surface area contributed by atoms with E-state index in [-0.39, 0.29) is 0 Å². The van der Waals surface area contributed by atoms with Crippen molar-refractivity contribution in [2.45, 2.75) is 13.7 Å². The molecule has 2 N–H and O–H groups in total. The van der Waals surface area contributed by atoms with Crippen molar-refractivity contribution in [2.24, 2.45) is 0 Å². The van der Waals surface area contributed by atoms with E-state index < -0.39 is 0 Å². The van der Waals surface area contributed by atoms with Crippen molar-refractivity contribution in [1.29, 1.82) is 0 Å². The molecule has 0 spiro atoms. The molecule has 0 aliphatic rings. The molecule has 0 radical (unpaired) electrons. The van der Waals surface area contributed by atoms with Crippen LogP contribution in [0, 0.1) is 0 Å². The van der Waals surface area contributed by atoms with Crippen LogP contribution >= 0.6 is 12.2 Å². The third-order valence-electron chi connectivity index (χ3n) is 2.67. The number of benzene rings is 1.